The van der Waals surface area contributed by atoms with E-state index in [-0.39, 0.29) is 11.6 Å². The third-order valence-electron chi connectivity index (χ3n) is 2.67. The number of nitrogens with zero attached hydrogens (tertiary/aromatic N) is 1. The van der Waals surface area contributed by atoms with Gasteiger partial charge in [-0.3, -0.25) is 10.1 Å². The summed E-state index contributed by atoms with van der Waals surface area (Å²) in [5.41, 5.74) is 0.467. The van der Waals surface area contributed by atoms with Crippen molar-refractivity contribution in [2.75, 3.05) is 0 Å². The van der Waals surface area contributed by atoms with E-state index in [1.165, 1.54) is 6.07 Å². The highest BCUT2D eigenvalue weighted by atomic mass is 16.6. The van der Waals surface area contributed by atoms with Crippen LogP contribution in [-0.2, 0) is 0 Å². The number of fused-ring (bicyclic) bond motifs is 3. The van der Waals surface area contributed by atoms with Crippen molar-refractivity contribution in [2.45, 2.75) is 0 Å². The first-order chi connectivity index (χ1) is 8.15. The van der Waals surface area contributed by atoms with E-state index in [2.05, 4.69) is 0 Å². The highest BCUT2D eigenvalue weighted by molar-refractivity contribution is 6.06. The van der Waals surface area contributed by atoms with Crippen LogP contribution in [0.1, 0.15) is 0 Å². The molecule has 2 aromatic carbocycles. The van der Waals surface area contributed by atoms with Crippen LogP contribution in [-0.4, -0.2) is 10.0 Å². The van der Waals surface area contributed by atoms with Gasteiger partial charge in [-0.25, -0.2) is 0 Å². The Morgan fingerprint density at radius 2 is 1.94 bits per heavy atom. The monoisotopic (exact) mass is 229 g/mol. The van der Waals surface area contributed by atoms with Gasteiger partial charge in [-0.1, -0.05) is 6.07 Å². The molecule has 0 saturated heterocycles. The van der Waals surface area contributed by atoms with Gasteiger partial charge in [0.1, 0.15) is 16.3 Å². The Kier molecular flexibility index (Phi) is 1.82. The molecule has 1 heterocycles. The fourth-order valence-electron chi connectivity index (χ4n) is 1.91. The predicted octanol–water partition coefficient (Wildman–Crippen LogP) is 3.20. The number of aromatic hydroxyl groups is 1. The molecule has 3 aromatic rings. The molecule has 0 unspecified atom stereocenters. The number of nitro groups is 1. The quantitative estimate of drug-likeness (QED) is 0.513. The first kappa shape index (κ1) is 9.65. The molecular weight excluding hydrogens is 222 g/mol. The van der Waals surface area contributed by atoms with Gasteiger partial charge >= 0.3 is 5.88 Å². The maximum absolute atomic E-state index is 10.6. The summed E-state index contributed by atoms with van der Waals surface area (Å²) in [5, 5.41) is 22.3. The molecule has 3 rings (SSSR count). The van der Waals surface area contributed by atoms with Crippen LogP contribution in [0.2, 0.25) is 0 Å². The number of benzene rings is 2. The number of furan rings is 1. The van der Waals surface area contributed by atoms with E-state index in [9.17, 15) is 15.2 Å². The fourth-order valence-corrected chi connectivity index (χ4v) is 1.91. The van der Waals surface area contributed by atoms with Gasteiger partial charge in [0, 0.05) is 5.39 Å². The summed E-state index contributed by atoms with van der Waals surface area (Å²) in [7, 11) is 0. The summed E-state index contributed by atoms with van der Waals surface area (Å²) in [5.74, 6) is -0.115. The predicted molar refractivity (Wildman–Crippen MR) is 62.0 cm³/mol. The average molecular weight is 229 g/mol. The second kappa shape index (κ2) is 3.21. The summed E-state index contributed by atoms with van der Waals surface area (Å²) >= 11 is 0. The van der Waals surface area contributed by atoms with E-state index < -0.39 is 4.92 Å². The molecule has 84 valence electrons. The van der Waals surface area contributed by atoms with Gasteiger partial charge in [0.2, 0.25) is 0 Å². The molecule has 0 amide bonds. The third-order valence-corrected chi connectivity index (χ3v) is 2.67. The number of rotatable bonds is 1. The number of phenolic OH excluding ortho intramolecular Hbond substituents is 1. The van der Waals surface area contributed by atoms with Crippen molar-refractivity contribution in [3.8, 4) is 5.75 Å². The van der Waals surface area contributed by atoms with Crippen LogP contribution in [0.25, 0.3) is 21.7 Å². The SMILES string of the molecule is O=[N+]([O-])c1cc2c(ccc3cc(O)ccc32)o1. The van der Waals surface area contributed by atoms with Crippen molar-refractivity contribution in [3.05, 3.63) is 46.5 Å². The number of phenols is 1. The van der Waals surface area contributed by atoms with Gasteiger partial charge in [-0.05, 0) is 35.0 Å². The Morgan fingerprint density at radius 1 is 1.12 bits per heavy atom. The number of hydrogen-bond donors (Lipinski definition) is 1. The molecule has 0 radical (unpaired) electrons. The Labute approximate surface area is 95.0 Å². The summed E-state index contributed by atoms with van der Waals surface area (Å²) in [6.07, 6.45) is 0. The van der Waals surface area contributed by atoms with Gasteiger partial charge in [-0.2, -0.15) is 0 Å². The van der Waals surface area contributed by atoms with Crippen molar-refractivity contribution in [1.29, 1.82) is 0 Å². The largest absolute Gasteiger partial charge is 0.508 e. The molecule has 1 N–H and O–H groups in total. The molecule has 5 heteroatoms. The zero-order valence-electron chi connectivity index (χ0n) is 8.58. The highest BCUT2D eigenvalue weighted by Crippen LogP contribution is 2.32. The maximum Gasteiger partial charge on any atom is 0.434 e. The van der Waals surface area contributed by atoms with Crippen LogP contribution in [0.15, 0.2) is 40.8 Å². The molecule has 0 aliphatic heterocycles. The summed E-state index contributed by atoms with van der Waals surface area (Å²) in [4.78, 5) is 10.1. The molecule has 5 nitrogen and oxygen atoms in total. The smallest absolute Gasteiger partial charge is 0.434 e. The first-order valence-corrected chi connectivity index (χ1v) is 4.95. The minimum absolute atomic E-state index is 0.162. The average Bonchev–Trinajstić information content (AvgIpc) is 2.72. The summed E-state index contributed by atoms with van der Waals surface area (Å²) < 4.78 is 5.11. The molecule has 17 heavy (non-hydrogen) atoms. The van der Waals surface area contributed by atoms with Gasteiger partial charge in [0.05, 0.1) is 6.07 Å². The van der Waals surface area contributed by atoms with Crippen molar-refractivity contribution in [1.82, 2.24) is 0 Å². The molecule has 0 aliphatic rings. The second-order valence-corrected chi connectivity index (χ2v) is 3.72. The number of hydrogen-bond acceptors (Lipinski definition) is 4. The van der Waals surface area contributed by atoms with Gasteiger partial charge < -0.3 is 9.52 Å². The van der Waals surface area contributed by atoms with Crippen LogP contribution in [0, 0.1) is 10.1 Å². The molecule has 0 bridgehead atoms. The van der Waals surface area contributed by atoms with E-state index in [0.29, 0.717) is 11.0 Å². The van der Waals surface area contributed by atoms with E-state index in [4.69, 9.17) is 4.42 Å². The zero-order chi connectivity index (χ0) is 12.0. The Morgan fingerprint density at radius 3 is 2.71 bits per heavy atom. The Bertz CT molecular complexity index is 745. The van der Waals surface area contributed by atoms with Crippen LogP contribution in [0.3, 0.4) is 0 Å². The van der Waals surface area contributed by atoms with E-state index in [1.54, 1.807) is 30.3 Å². The molecule has 1 aromatic heterocycles. The minimum atomic E-state index is -0.563. The molecular formula is C12H7NO4. The fraction of sp³-hybridized carbons (Fsp3) is 0. The van der Waals surface area contributed by atoms with E-state index >= 15 is 0 Å². The lowest BCUT2D eigenvalue weighted by molar-refractivity contribution is -0.401. The molecule has 0 spiro atoms. The molecule has 0 saturated carbocycles. The molecule has 0 fully saturated rings. The van der Waals surface area contributed by atoms with Crippen molar-refractivity contribution in [2.24, 2.45) is 0 Å². The van der Waals surface area contributed by atoms with Gasteiger partial charge in [0.15, 0.2) is 0 Å². The third kappa shape index (κ3) is 1.40. The van der Waals surface area contributed by atoms with Crippen LogP contribution in [0.5, 0.6) is 5.75 Å². The minimum Gasteiger partial charge on any atom is -0.508 e. The normalized spacial score (nSPS) is 11.1. The zero-order valence-corrected chi connectivity index (χ0v) is 8.58. The van der Waals surface area contributed by atoms with Crippen molar-refractivity contribution < 1.29 is 14.4 Å². The summed E-state index contributed by atoms with van der Waals surface area (Å²) in [6.45, 7) is 0. The topological polar surface area (TPSA) is 76.5 Å². The Hall–Kier alpha value is -2.56. The lowest BCUT2D eigenvalue weighted by Gasteiger charge is -1.98. The molecule has 0 atom stereocenters. The van der Waals surface area contributed by atoms with E-state index in [0.717, 1.165) is 10.8 Å². The molecule has 0 aliphatic carbocycles. The second-order valence-electron chi connectivity index (χ2n) is 3.72. The van der Waals surface area contributed by atoms with Crippen LogP contribution < -0.4 is 0 Å². The van der Waals surface area contributed by atoms with Gasteiger partial charge in [-0.15, -0.1) is 0 Å². The lowest BCUT2D eigenvalue weighted by atomic mass is 10.1. The van der Waals surface area contributed by atoms with Gasteiger partial charge in [0.25, 0.3) is 0 Å². The summed E-state index contributed by atoms with van der Waals surface area (Å²) in [6, 6.07) is 9.67. The highest BCUT2D eigenvalue weighted by Gasteiger charge is 2.15. The van der Waals surface area contributed by atoms with Crippen LogP contribution in [0.4, 0.5) is 5.88 Å². The maximum atomic E-state index is 10.6. The standard InChI is InChI=1S/C12H7NO4/c14-8-2-3-9-7(5-8)1-4-11-10(9)6-12(17-11)13(15)16/h1-6,14H. The first-order valence-electron chi connectivity index (χ1n) is 4.95. The van der Waals surface area contributed by atoms with Crippen LogP contribution >= 0.6 is 0 Å². The van der Waals surface area contributed by atoms with Crippen molar-refractivity contribution in [3.63, 3.8) is 0 Å². The Balaban J connectivity index is 2.42. The van der Waals surface area contributed by atoms with E-state index in [1.807, 2.05) is 0 Å². The lowest BCUT2D eigenvalue weighted by Crippen LogP contribution is -1.82. The van der Waals surface area contributed by atoms with Crippen molar-refractivity contribution >= 4 is 27.6 Å².